The van der Waals surface area contributed by atoms with Crippen molar-refractivity contribution < 1.29 is 14.2 Å². The molecule has 2 fully saturated rings. The number of hydrogen-bond donors (Lipinski definition) is 1. The van der Waals surface area contributed by atoms with E-state index < -0.39 is 0 Å². The molecule has 1 spiro atoms. The Hall–Kier alpha value is -1.10. The molecule has 2 aliphatic rings. The molecule has 4 heteroatoms. The zero-order valence-electron chi connectivity index (χ0n) is 10.6. The topological polar surface area (TPSA) is 39.7 Å². The summed E-state index contributed by atoms with van der Waals surface area (Å²) in [5, 5.41) is 3.52. The molecule has 3 rings (SSSR count). The minimum atomic E-state index is -0.351. The highest BCUT2D eigenvalue weighted by Crippen LogP contribution is 2.36. The van der Waals surface area contributed by atoms with Gasteiger partial charge in [0, 0.05) is 25.4 Å². The van der Waals surface area contributed by atoms with Crippen molar-refractivity contribution >= 4 is 0 Å². The first-order chi connectivity index (χ1) is 8.81. The molecule has 1 atom stereocenters. The van der Waals surface area contributed by atoms with E-state index >= 15 is 0 Å². The molecule has 0 amide bonds. The molecule has 1 aromatic rings. The van der Waals surface area contributed by atoms with E-state index in [2.05, 4.69) is 17.4 Å². The number of hydrogen-bond acceptors (Lipinski definition) is 4. The Bertz CT molecular complexity index is 398. The van der Waals surface area contributed by atoms with Gasteiger partial charge in [0.1, 0.15) is 5.75 Å². The molecule has 98 valence electrons. The van der Waals surface area contributed by atoms with E-state index in [9.17, 15) is 0 Å². The maximum atomic E-state index is 5.79. The van der Waals surface area contributed by atoms with Crippen LogP contribution >= 0.6 is 0 Å². The number of nitrogens with one attached hydrogen (secondary N) is 1. The van der Waals surface area contributed by atoms with Gasteiger partial charge >= 0.3 is 0 Å². The molecule has 18 heavy (non-hydrogen) atoms. The van der Waals surface area contributed by atoms with Crippen molar-refractivity contribution in [2.75, 3.05) is 26.9 Å². The van der Waals surface area contributed by atoms with Crippen LogP contribution in [0.2, 0.25) is 0 Å². The maximum Gasteiger partial charge on any atom is 0.171 e. The Labute approximate surface area is 107 Å². The predicted molar refractivity (Wildman–Crippen MR) is 67.6 cm³/mol. The summed E-state index contributed by atoms with van der Waals surface area (Å²) in [4.78, 5) is 0. The van der Waals surface area contributed by atoms with Crippen LogP contribution in [0.1, 0.15) is 24.4 Å². The largest absolute Gasteiger partial charge is 0.497 e. The molecule has 2 aliphatic heterocycles. The average Bonchev–Trinajstić information content (AvgIpc) is 2.87. The molecule has 0 aliphatic carbocycles. The van der Waals surface area contributed by atoms with Crippen molar-refractivity contribution in [3.63, 3.8) is 0 Å². The van der Waals surface area contributed by atoms with Crippen LogP contribution in [-0.2, 0) is 9.47 Å². The molecule has 0 radical (unpaired) electrons. The smallest absolute Gasteiger partial charge is 0.171 e. The molecule has 1 aromatic carbocycles. The second-order valence-electron chi connectivity index (χ2n) is 4.84. The second kappa shape index (κ2) is 4.88. The third kappa shape index (κ3) is 2.23. The lowest BCUT2D eigenvalue weighted by atomic mass is 9.93. The van der Waals surface area contributed by atoms with Gasteiger partial charge in [-0.1, -0.05) is 12.1 Å². The first kappa shape index (κ1) is 12.0. The number of ether oxygens (including phenoxy) is 3. The van der Waals surface area contributed by atoms with E-state index in [1.165, 1.54) is 5.56 Å². The van der Waals surface area contributed by atoms with Crippen molar-refractivity contribution in [1.29, 1.82) is 0 Å². The third-order valence-electron chi connectivity index (χ3n) is 3.74. The average molecular weight is 249 g/mol. The number of benzene rings is 1. The molecule has 1 N–H and O–H groups in total. The van der Waals surface area contributed by atoms with Gasteiger partial charge in [0.15, 0.2) is 5.79 Å². The van der Waals surface area contributed by atoms with Crippen molar-refractivity contribution in [1.82, 2.24) is 5.32 Å². The zero-order chi connectivity index (χ0) is 12.4. The van der Waals surface area contributed by atoms with Crippen LogP contribution in [0.5, 0.6) is 5.75 Å². The van der Waals surface area contributed by atoms with Crippen LogP contribution in [0.3, 0.4) is 0 Å². The summed E-state index contributed by atoms with van der Waals surface area (Å²) in [7, 11) is 1.68. The van der Waals surface area contributed by atoms with Gasteiger partial charge in [-0.2, -0.15) is 0 Å². The minimum absolute atomic E-state index is 0.294. The van der Waals surface area contributed by atoms with E-state index in [-0.39, 0.29) is 5.79 Å². The van der Waals surface area contributed by atoms with Crippen LogP contribution in [0.25, 0.3) is 0 Å². The van der Waals surface area contributed by atoms with Gasteiger partial charge in [0.05, 0.1) is 20.3 Å². The highest BCUT2D eigenvalue weighted by atomic mass is 16.7. The Balaban J connectivity index is 1.74. The highest BCUT2D eigenvalue weighted by Gasteiger charge is 2.41. The summed E-state index contributed by atoms with van der Waals surface area (Å²) in [5.74, 6) is 0.535. The Kier molecular flexibility index (Phi) is 3.24. The molecule has 0 bridgehead atoms. The van der Waals surface area contributed by atoms with Crippen LogP contribution < -0.4 is 10.1 Å². The first-order valence-corrected chi connectivity index (χ1v) is 6.47. The van der Waals surface area contributed by atoms with Gasteiger partial charge in [-0.3, -0.25) is 0 Å². The summed E-state index contributed by atoms with van der Waals surface area (Å²) in [5.41, 5.74) is 1.26. The zero-order valence-corrected chi connectivity index (χ0v) is 10.6. The molecule has 2 saturated heterocycles. The van der Waals surface area contributed by atoms with E-state index in [1.807, 2.05) is 12.1 Å². The summed E-state index contributed by atoms with van der Waals surface area (Å²) in [6.45, 7) is 2.36. The third-order valence-corrected chi connectivity index (χ3v) is 3.74. The van der Waals surface area contributed by atoms with Crippen LogP contribution in [0.4, 0.5) is 0 Å². The molecular weight excluding hydrogens is 230 g/mol. The van der Waals surface area contributed by atoms with Crippen molar-refractivity contribution in [2.24, 2.45) is 0 Å². The van der Waals surface area contributed by atoms with Crippen molar-refractivity contribution in [3.8, 4) is 5.75 Å². The standard InChI is InChI=1S/C14H19NO3/c1-16-12-4-2-11(3-5-12)13-10-14(6-7-15-13)17-8-9-18-14/h2-5,13,15H,6-10H2,1H3. The summed E-state index contributed by atoms with van der Waals surface area (Å²) in [6.07, 6.45) is 1.80. The SMILES string of the molecule is COc1ccc(C2CC3(CCN2)OCCO3)cc1. The Morgan fingerprint density at radius 1 is 1.22 bits per heavy atom. The fraction of sp³-hybridized carbons (Fsp3) is 0.571. The van der Waals surface area contributed by atoms with Gasteiger partial charge in [0.25, 0.3) is 0 Å². The molecular formula is C14H19NO3. The maximum absolute atomic E-state index is 5.79. The molecule has 0 saturated carbocycles. The minimum Gasteiger partial charge on any atom is -0.497 e. The van der Waals surface area contributed by atoms with Gasteiger partial charge in [-0.15, -0.1) is 0 Å². The van der Waals surface area contributed by atoms with Gasteiger partial charge in [-0.05, 0) is 17.7 Å². The van der Waals surface area contributed by atoms with E-state index in [0.717, 1.165) is 38.3 Å². The lowest BCUT2D eigenvalue weighted by Gasteiger charge is -2.37. The predicted octanol–water partition coefficient (Wildman–Crippen LogP) is 1.86. The summed E-state index contributed by atoms with van der Waals surface area (Å²) < 4.78 is 16.8. The molecule has 1 unspecified atom stereocenters. The van der Waals surface area contributed by atoms with Crippen LogP contribution in [-0.4, -0.2) is 32.7 Å². The quantitative estimate of drug-likeness (QED) is 0.868. The Morgan fingerprint density at radius 2 is 1.94 bits per heavy atom. The van der Waals surface area contributed by atoms with E-state index in [1.54, 1.807) is 7.11 Å². The molecule has 2 heterocycles. The summed E-state index contributed by atoms with van der Waals surface area (Å²) in [6, 6.07) is 8.49. The van der Waals surface area contributed by atoms with E-state index in [4.69, 9.17) is 14.2 Å². The number of piperidine rings is 1. The van der Waals surface area contributed by atoms with Gasteiger partial charge in [0.2, 0.25) is 0 Å². The lowest BCUT2D eigenvalue weighted by molar-refractivity contribution is -0.180. The van der Waals surface area contributed by atoms with Gasteiger partial charge in [-0.25, -0.2) is 0 Å². The van der Waals surface area contributed by atoms with Crippen LogP contribution in [0, 0.1) is 0 Å². The number of methoxy groups -OCH3 is 1. The fourth-order valence-corrected chi connectivity index (χ4v) is 2.75. The second-order valence-corrected chi connectivity index (χ2v) is 4.84. The number of rotatable bonds is 2. The van der Waals surface area contributed by atoms with Crippen LogP contribution in [0.15, 0.2) is 24.3 Å². The molecule has 0 aromatic heterocycles. The monoisotopic (exact) mass is 249 g/mol. The summed E-state index contributed by atoms with van der Waals surface area (Å²) >= 11 is 0. The Morgan fingerprint density at radius 3 is 2.61 bits per heavy atom. The normalized spacial score (nSPS) is 26.4. The highest BCUT2D eigenvalue weighted by molar-refractivity contribution is 5.29. The lowest BCUT2D eigenvalue weighted by Crippen LogP contribution is -2.44. The van der Waals surface area contributed by atoms with Crippen molar-refractivity contribution in [2.45, 2.75) is 24.7 Å². The van der Waals surface area contributed by atoms with E-state index in [0.29, 0.717) is 6.04 Å². The first-order valence-electron chi connectivity index (χ1n) is 6.47. The fourth-order valence-electron chi connectivity index (χ4n) is 2.75. The van der Waals surface area contributed by atoms with Gasteiger partial charge < -0.3 is 19.5 Å². The van der Waals surface area contributed by atoms with Crippen molar-refractivity contribution in [3.05, 3.63) is 29.8 Å². The molecule has 4 nitrogen and oxygen atoms in total.